The molecule has 3 rings (SSSR count). The van der Waals surface area contributed by atoms with Gasteiger partial charge in [0.2, 0.25) is 0 Å². The van der Waals surface area contributed by atoms with Gasteiger partial charge >= 0.3 is 0 Å². The molecule has 23 heavy (non-hydrogen) atoms. The van der Waals surface area contributed by atoms with E-state index in [1.807, 2.05) is 30.3 Å². The Kier molecular flexibility index (Phi) is 5.05. The number of nitrogens with one attached hydrogen (secondary N) is 1. The highest BCUT2D eigenvalue weighted by Crippen LogP contribution is 2.34. The van der Waals surface area contributed by atoms with Gasteiger partial charge in [-0.25, -0.2) is 0 Å². The van der Waals surface area contributed by atoms with Crippen LogP contribution >= 0.6 is 27.5 Å². The van der Waals surface area contributed by atoms with E-state index in [0.717, 1.165) is 22.9 Å². The third-order valence-corrected chi connectivity index (χ3v) is 5.02. The van der Waals surface area contributed by atoms with E-state index in [2.05, 4.69) is 27.3 Å². The molecule has 1 heterocycles. The van der Waals surface area contributed by atoms with E-state index in [1.165, 1.54) is 0 Å². The summed E-state index contributed by atoms with van der Waals surface area (Å²) in [4.78, 5) is 12.7. The largest absolute Gasteiger partial charge is 0.381 e. The fraction of sp³-hybridized carbons (Fsp3) is 0.278. The fourth-order valence-electron chi connectivity index (χ4n) is 2.92. The molecular weight excluding hydrogens is 378 g/mol. The minimum absolute atomic E-state index is 0.155. The Hall–Kier alpha value is -1.36. The molecule has 1 aliphatic heterocycles. The zero-order valence-corrected chi connectivity index (χ0v) is 14.9. The molecule has 1 aliphatic rings. The Balaban J connectivity index is 1.94. The lowest BCUT2D eigenvalue weighted by Gasteiger charge is -2.38. The van der Waals surface area contributed by atoms with Crippen LogP contribution in [0.25, 0.3) is 0 Å². The number of amides is 1. The molecule has 1 fully saturated rings. The van der Waals surface area contributed by atoms with Gasteiger partial charge < -0.3 is 10.1 Å². The van der Waals surface area contributed by atoms with Gasteiger partial charge in [0.05, 0.1) is 16.1 Å². The van der Waals surface area contributed by atoms with Crippen LogP contribution < -0.4 is 5.32 Å². The maximum Gasteiger partial charge on any atom is 0.253 e. The first kappa shape index (κ1) is 16.5. The highest BCUT2D eigenvalue weighted by Gasteiger charge is 2.36. The summed E-state index contributed by atoms with van der Waals surface area (Å²) in [5.74, 6) is -0.155. The summed E-state index contributed by atoms with van der Waals surface area (Å²) in [5.41, 5.74) is 1.14. The Morgan fingerprint density at radius 1 is 1.13 bits per heavy atom. The normalized spacial score (nSPS) is 16.8. The lowest BCUT2D eigenvalue weighted by atomic mass is 9.82. The molecule has 2 aromatic rings. The third kappa shape index (κ3) is 3.60. The Bertz CT molecular complexity index is 714. The second-order valence-corrected chi connectivity index (χ2v) is 6.96. The standard InChI is InChI=1S/C18H17BrClNO2/c19-14-5-3-4-13(12-14)18(8-10-23-11-9-18)21-17(22)15-6-1-2-7-16(15)20/h1-7,12H,8-11H2,(H,21,22). The maximum atomic E-state index is 12.7. The van der Waals surface area contributed by atoms with Gasteiger partial charge in [-0.1, -0.05) is 51.8 Å². The number of ether oxygens (including phenoxy) is 1. The van der Waals surface area contributed by atoms with Crippen molar-refractivity contribution in [1.82, 2.24) is 5.32 Å². The SMILES string of the molecule is O=C(NC1(c2cccc(Br)c2)CCOCC1)c1ccccc1Cl. The van der Waals surface area contributed by atoms with Gasteiger partial charge in [0.1, 0.15) is 0 Å². The van der Waals surface area contributed by atoms with E-state index in [-0.39, 0.29) is 5.91 Å². The van der Waals surface area contributed by atoms with Gasteiger partial charge in [-0.15, -0.1) is 0 Å². The van der Waals surface area contributed by atoms with Crippen LogP contribution in [-0.2, 0) is 10.3 Å². The molecule has 1 saturated heterocycles. The Morgan fingerprint density at radius 2 is 1.87 bits per heavy atom. The number of carbonyl (C=O) groups is 1. The monoisotopic (exact) mass is 393 g/mol. The summed E-state index contributed by atoms with van der Waals surface area (Å²) in [7, 11) is 0. The van der Waals surface area contributed by atoms with Crippen molar-refractivity contribution in [3.63, 3.8) is 0 Å². The lowest BCUT2D eigenvalue weighted by Crippen LogP contribution is -2.49. The molecule has 0 bridgehead atoms. The number of rotatable bonds is 3. The molecule has 1 amide bonds. The number of halogens is 2. The van der Waals surface area contributed by atoms with Crippen LogP contribution in [0.2, 0.25) is 5.02 Å². The van der Waals surface area contributed by atoms with Crippen molar-refractivity contribution in [2.45, 2.75) is 18.4 Å². The zero-order valence-electron chi connectivity index (χ0n) is 12.5. The average molecular weight is 395 g/mol. The molecule has 0 aliphatic carbocycles. The summed E-state index contributed by atoms with van der Waals surface area (Å²) in [5, 5.41) is 3.67. The molecule has 2 aromatic carbocycles. The van der Waals surface area contributed by atoms with Gasteiger partial charge in [0.25, 0.3) is 5.91 Å². The second-order valence-electron chi connectivity index (χ2n) is 5.64. The van der Waals surface area contributed by atoms with Crippen LogP contribution in [0.1, 0.15) is 28.8 Å². The van der Waals surface area contributed by atoms with Crippen molar-refractivity contribution in [2.75, 3.05) is 13.2 Å². The van der Waals surface area contributed by atoms with Crippen molar-refractivity contribution in [1.29, 1.82) is 0 Å². The molecule has 120 valence electrons. The van der Waals surface area contributed by atoms with Gasteiger partial charge in [0, 0.05) is 17.7 Å². The van der Waals surface area contributed by atoms with Gasteiger partial charge in [0.15, 0.2) is 0 Å². The van der Waals surface area contributed by atoms with Crippen molar-refractivity contribution in [2.24, 2.45) is 0 Å². The number of hydrogen-bond acceptors (Lipinski definition) is 2. The smallest absolute Gasteiger partial charge is 0.253 e. The van der Waals surface area contributed by atoms with Crippen molar-refractivity contribution in [3.05, 3.63) is 69.2 Å². The summed E-state index contributed by atoms with van der Waals surface area (Å²) in [6.07, 6.45) is 1.47. The number of hydrogen-bond donors (Lipinski definition) is 1. The highest BCUT2D eigenvalue weighted by atomic mass is 79.9. The highest BCUT2D eigenvalue weighted by molar-refractivity contribution is 9.10. The number of carbonyl (C=O) groups excluding carboxylic acids is 1. The van der Waals surface area contributed by atoms with E-state index < -0.39 is 5.54 Å². The predicted octanol–water partition coefficient (Wildman–Crippen LogP) is 4.54. The van der Waals surface area contributed by atoms with E-state index in [0.29, 0.717) is 23.8 Å². The van der Waals surface area contributed by atoms with E-state index in [4.69, 9.17) is 16.3 Å². The first-order valence-corrected chi connectivity index (χ1v) is 8.69. The molecule has 0 aromatic heterocycles. The van der Waals surface area contributed by atoms with Crippen molar-refractivity contribution in [3.8, 4) is 0 Å². The molecular formula is C18H17BrClNO2. The average Bonchev–Trinajstić information content (AvgIpc) is 2.56. The molecule has 0 unspecified atom stereocenters. The predicted molar refractivity (Wildman–Crippen MR) is 94.8 cm³/mol. The van der Waals surface area contributed by atoms with Gasteiger partial charge in [-0.3, -0.25) is 4.79 Å². The van der Waals surface area contributed by atoms with Crippen molar-refractivity contribution >= 4 is 33.4 Å². The van der Waals surface area contributed by atoms with E-state index in [9.17, 15) is 4.79 Å². The fourth-order valence-corrected chi connectivity index (χ4v) is 3.54. The zero-order chi connectivity index (χ0) is 16.3. The quantitative estimate of drug-likeness (QED) is 0.830. The van der Waals surface area contributed by atoms with Crippen LogP contribution in [0.5, 0.6) is 0 Å². The first-order chi connectivity index (χ1) is 11.1. The van der Waals surface area contributed by atoms with Crippen LogP contribution in [0, 0.1) is 0 Å². The lowest BCUT2D eigenvalue weighted by molar-refractivity contribution is 0.0345. The third-order valence-electron chi connectivity index (χ3n) is 4.19. The number of benzene rings is 2. The van der Waals surface area contributed by atoms with Gasteiger partial charge in [-0.2, -0.15) is 0 Å². The minimum Gasteiger partial charge on any atom is -0.381 e. The van der Waals surface area contributed by atoms with E-state index in [1.54, 1.807) is 12.1 Å². The molecule has 0 atom stereocenters. The second kappa shape index (κ2) is 7.04. The molecule has 1 N–H and O–H groups in total. The summed E-state index contributed by atoms with van der Waals surface area (Å²) in [6, 6.07) is 15.2. The first-order valence-electron chi connectivity index (χ1n) is 7.52. The summed E-state index contributed by atoms with van der Waals surface area (Å²) >= 11 is 9.67. The van der Waals surface area contributed by atoms with Crippen LogP contribution in [0.3, 0.4) is 0 Å². The van der Waals surface area contributed by atoms with Crippen LogP contribution in [-0.4, -0.2) is 19.1 Å². The summed E-state index contributed by atoms with van der Waals surface area (Å²) in [6.45, 7) is 1.24. The molecule has 5 heteroatoms. The maximum absolute atomic E-state index is 12.7. The molecule has 0 radical (unpaired) electrons. The van der Waals surface area contributed by atoms with Gasteiger partial charge in [-0.05, 0) is 42.7 Å². The summed E-state index contributed by atoms with van der Waals surface area (Å²) < 4.78 is 6.49. The molecule has 3 nitrogen and oxygen atoms in total. The van der Waals surface area contributed by atoms with Crippen molar-refractivity contribution < 1.29 is 9.53 Å². The Labute approximate surface area is 149 Å². The van der Waals surface area contributed by atoms with E-state index >= 15 is 0 Å². The van der Waals surface area contributed by atoms with Crippen LogP contribution in [0.4, 0.5) is 0 Å². The minimum atomic E-state index is -0.432. The molecule has 0 saturated carbocycles. The van der Waals surface area contributed by atoms with Crippen LogP contribution in [0.15, 0.2) is 53.0 Å². The molecule has 0 spiro atoms. The topological polar surface area (TPSA) is 38.3 Å². The Morgan fingerprint density at radius 3 is 2.57 bits per heavy atom.